The van der Waals surface area contributed by atoms with Crippen LogP contribution in [0.25, 0.3) is 0 Å². The van der Waals surface area contributed by atoms with Crippen LogP contribution < -0.4 is 5.32 Å². The normalized spacial score (nSPS) is 24.7. The number of benzene rings is 1. The van der Waals surface area contributed by atoms with Crippen molar-refractivity contribution >= 4 is 0 Å². The minimum atomic E-state index is -0.0670. The molecule has 0 spiro atoms. The number of ether oxygens (including phenoxy) is 1. The first-order valence-electron chi connectivity index (χ1n) is 7.43. The molecule has 0 amide bonds. The quantitative estimate of drug-likeness (QED) is 0.889. The lowest BCUT2D eigenvalue weighted by Gasteiger charge is -2.35. The molecule has 2 rings (SSSR count). The van der Waals surface area contributed by atoms with Gasteiger partial charge in [0.1, 0.15) is 0 Å². The minimum Gasteiger partial charge on any atom is -0.373 e. The predicted molar refractivity (Wildman–Crippen MR) is 80.7 cm³/mol. The second-order valence-electron chi connectivity index (χ2n) is 6.05. The van der Waals surface area contributed by atoms with Crippen LogP contribution in [-0.2, 0) is 4.74 Å². The first-order valence-corrected chi connectivity index (χ1v) is 7.43. The summed E-state index contributed by atoms with van der Waals surface area (Å²) in [6.07, 6.45) is 2.30. The molecule has 1 fully saturated rings. The van der Waals surface area contributed by atoms with Gasteiger partial charge < -0.3 is 10.1 Å². The summed E-state index contributed by atoms with van der Waals surface area (Å²) in [6, 6.07) is 4.93. The highest BCUT2D eigenvalue weighted by atomic mass is 16.5. The lowest BCUT2D eigenvalue weighted by atomic mass is 9.84. The SMILES string of the molecule is CCNC(c1cc(C)c(C)cc1C)C1(C)CCCO1. The van der Waals surface area contributed by atoms with Crippen LogP contribution in [0.3, 0.4) is 0 Å². The van der Waals surface area contributed by atoms with Crippen LogP contribution >= 0.6 is 0 Å². The molecule has 19 heavy (non-hydrogen) atoms. The van der Waals surface area contributed by atoms with E-state index in [1.54, 1.807) is 0 Å². The van der Waals surface area contributed by atoms with Gasteiger partial charge in [0.05, 0.1) is 11.6 Å². The van der Waals surface area contributed by atoms with E-state index in [1.807, 2.05) is 0 Å². The van der Waals surface area contributed by atoms with E-state index < -0.39 is 0 Å². The molecule has 2 atom stereocenters. The monoisotopic (exact) mass is 261 g/mol. The third kappa shape index (κ3) is 2.85. The molecule has 1 aliphatic heterocycles. The Bertz CT molecular complexity index is 447. The zero-order chi connectivity index (χ0) is 14.0. The van der Waals surface area contributed by atoms with Crippen LogP contribution in [0.1, 0.15) is 55.0 Å². The summed E-state index contributed by atoms with van der Waals surface area (Å²) >= 11 is 0. The Labute approximate surface area is 117 Å². The summed E-state index contributed by atoms with van der Waals surface area (Å²) in [6.45, 7) is 12.9. The maximum Gasteiger partial charge on any atom is 0.0849 e. The third-order valence-electron chi connectivity index (χ3n) is 4.46. The number of rotatable bonds is 4. The summed E-state index contributed by atoms with van der Waals surface area (Å²) in [4.78, 5) is 0. The summed E-state index contributed by atoms with van der Waals surface area (Å²) in [7, 11) is 0. The fourth-order valence-electron chi connectivity index (χ4n) is 3.18. The zero-order valence-electron chi connectivity index (χ0n) is 13.0. The number of hydrogen-bond acceptors (Lipinski definition) is 2. The highest BCUT2D eigenvalue weighted by molar-refractivity contribution is 5.39. The molecule has 2 unspecified atom stereocenters. The molecule has 0 bridgehead atoms. The Hall–Kier alpha value is -0.860. The van der Waals surface area contributed by atoms with Crippen molar-refractivity contribution in [3.05, 3.63) is 34.4 Å². The average molecular weight is 261 g/mol. The van der Waals surface area contributed by atoms with Gasteiger partial charge in [-0.1, -0.05) is 19.1 Å². The molecule has 1 aliphatic rings. The van der Waals surface area contributed by atoms with Gasteiger partial charge in [-0.25, -0.2) is 0 Å². The second kappa shape index (κ2) is 5.64. The highest BCUT2D eigenvalue weighted by Crippen LogP contribution is 2.39. The Kier molecular flexibility index (Phi) is 4.32. The Balaban J connectivity index is 2.41. The molecular formula is C17H27NO. The maximum absolute atomic E-state index is 6.07. The number of nitrogens with one attached hydrogen (secondary N) is 1. The average Bonchev–Trinajstić information content (AvgIpc) is 2.79. The van der Waals surface area contributed by atoms with Gasteiger partial charge in [-0.15, -0.1) is 0 Å². The fraction of sp³-hybridized carbons (Fsp3) is 0.647. The molecule has 0 saturated carbocycles. The molecule has 0 radical (unpaired) electrons. The van der Waals surface area contributed by atoms with Gasteiger partial charge in [0, 0.05) is 6.61 Å². The maximum atomic E-state index is 6.07. The summed E-state index contributed by atoms with van der Waals surface area (Å²) in [5.74, 6) is 0. The Morgan fingerprint density at radius 3 is 2.47 bits per heavy atom. The fourth-order valence-corrected chi connectivity index (χ4v) is 3.18. The summed E-state index contributed by atoms with van der Waals surface area (Å²) in [5.41, 5.74) is 5.43. The van der Waals surface area contributed by atoms with E-state index in [0.29, 0.717) is 6.04 Å². The molecule has 2 heteroatoms. The zero-order valence-corrected chi connectivity index (χ0v) is 13.0. The first kappa shape index (κ1) is 14.5. The van der Waals surface area contributed by atoms with E-state index in [0.717, 1.165) is 19.6 Å². The van der Waals surface area contributed by atoms with Crippen LogP contribution in [0.5, 0.6) is 0 Å². The highest BCUT2D eigenvalue weighted by Gasteiger charge is 2.39. The van der Waals surface area contributed by atoms with Crippen molar-refractivity contribution in [2.45, 2.75) is 59.1 Å². The van der Waals surface area contributed by atoms with Crippen molar-refractivity contribution in [3.8, 4) is 0 Å². The van der Waals surface area contributed by atoms with Gasteiger partial charge in [0.2, 0.25) is 0 Å². The molecule has 1 aromatic rings. The standard InChI is InChI=1S/C17H27NO/c1-6-18-16(17(5)8-7-9-19-17)15-11-13(3)12(2)10-14(15)4/h10-11,16,18H,6-9H2,1-5H3. The van der Waals surface area contributed by atoms with Crippen LogP contribution in [0.15, 0.2) is 12.1 Å². The lowest BCUT2D eigenvalue weighted by Crippen LogP contribution is -2.41. The third-order valence-corrected chi connectivity index (χ3v) is 4.46. The van der Waals surface area contributed by atoms with E-state index in [4.69, 9.17) is 4.74 Å². The topological polar surface area (TPSA) is 21.3 Å². The lowest BCUT2D eigenvalue weighted by molar-refractivity contribution is -0.0122. The van der Waals surface area contributed by atoms with E-state index in [1.165, 1.54) is 28.7 Å². The molecule has 1 N–H and O–H groups in total. The summed E-state index contributed by atoms with van der Waals surface area (Å²) in [5, 5.41) is 3.64. The molecule has 2 nitrogen and oxygen atoms in total. The van der Waals surface area contributed by atoms with Crippen molar-refractivity contribution in [3.63, 3.8) is 0 Å². The van der Waals surface area contributed by atoms with Crippen molar-refractivity contribution in [1.29, 1.82) is 0 Å². The molecule has 0 aliphatic carbocycles. The number of aryl methyl sites for hydroxylation is 3. The van der Waals surface area contributed by atoms with Crippen molar-refractivity contribution in [2.75, 3.05) is 13.2 Å². The number of likely N-dealkylation sites (N-methyl/N-ethyl adjacent to an activating group) is 1. The number of hydrogen-bond donors (Lipinski definition) is 1. The predicted octanol–water partition coefficient (Wildman–Crippen LogP) is 3.83. The van der Waals surface area contributed by atoms with Crippen LogP contribution in [0.4, 0.5) is 0 Å². The smallest absolute Gasteiger partial charge is 0.0849 e. The van der Waals surface area contributed by atoms with Crippen LogP contribution in [0, 0.1) is 20.8 Å². The van der Waals surface area contributed by atoms with Crippen molar-refractivity contribution in [2.24, 2.45) is 0 Å². The van der Waals surface area contributed by atoms with Gasteiger partial charge in [-0.05, 0) is 69.3 Å². The van der Waals surface area contributed by atoms with E-state index in [2.05, 4.69) is 52.1 Å². The van der Waals surface area contributed by atoms with E-state index in [-0.39, 0.29) is 5.60 Å². The van der Waals surface area contributed by atoms with Gasteiger partial charge >= 0.3 is 0 Å². The largest absolute Gasteiger partial charge is 0.373 e. The van der Waals surface area contributed by atoms with Crippen molar-refractivity contribution < 1.29 is 4.74 Å². The van der Waals surface area contributed by atoms with Gasteiger partial charge in [-0.2, -0.15) is 0 Å². The molecule has 106 valence electrons. The minimum absolute atomic E-state index is 0.0670. The van der Waals surface area contributed by atoms with Crippen LogP contribution in [-0.4, -0.2) is 18.8 Å². The molecule has 0 aromatic heterocycles. The Morgan fingerprint density at radius 1 is 1.21 bits per heavy atom. The van der Waals surface area contributed by atoms with E-state index >= 15 is 0 Å². The Morgan fingerprint density at radius 2 is 1.89 bits per heavy atom. The first-order chi connectivity index (χ1) is 8.98. The second-order valence-corrected chi connectivity index (χ2v) is 6.05. The molecule has 1 heterocycles. The van der Waals surface area contributed by atoms with Crippen LogP contribution in [0.2, 0.25) is 0 Å². The van der Waals surface area contributed by atoms with Gasteiger partial charge in [0.15, 0.2) is 0 Å². The summed E-state index contributed by atoms with van der Waals surface area (Å²) < 4.78 is 6.07. The van der Waals surface area contributed by atoms with Crippen molar-refractivity contribution in [1.82, 2.24) is 5.32 Å². The molecule has 1 saturated heterocycles. The van der Waals surface area contributed by atoms with Gasteiger partial charge in [0.25, 0.3) is 0 Å². The van der Waals surface area contributed by atoms with E-state index in [9.17, 15) is 0 Å². The van der Waals surface area contributed by atoms with Gasteiger partial charge in [-0.3, -0.25) is 0 Å². The molecule has 1 aromatic carbocycles. The molecular weight excluding hydrogens is 234 g/mol.